The highest BCUT2D eigenvalue weighted by atomic mass is 32.2. The van der Waals surface area contributed by atoms with Crippen molar-refractivity contribution in [2.75, 3.05) is 12.9 Å². The van der Waals surface area contributed by atoms with E-state index in [9.17, 15) is 9.18 Å². The van der Waals surface area contributed by atoms with Crippen LogP contribution in [0.1, 0.15) is 10.4 Å². The van der Waals surface area contributed by atoms with Crippen LogP contribution in [0.15, 0.2) is 53.7 Å². The summed E-state index contributed by atoms with van der Waals surface area (Å²) in [6, 6.07) is 13.2. The lowest BCUT2D eigenvalue weighted by atomic mass is 10.1. The average Bonchev–Trinajstić information content (AvgIpc) is 3.00. The van der Waals surface area contributed by atoms with Crippen LogP contribution >= 0.6 is 11.8 Å². The molecular formula is C18H16FN3O2S. The number of carbonyl (C=O) groups is 1. The van der Waals surface area contributed by atoms with Gasteiger partial charge in [-0.05, 0) is 24.3 Å². The number of hydrogen-bond acceptors (Lipinski definition) is 5. The number of rotatable bonds is 6. The topological polar surface area (TPSA) is 57.0 Å². The second-order valence-electron chi connectivity index (χ2n) is 5.29. The van der Waals surface area contributed by atoms with Crippen molar-refractivity contribution < 1.29 is 13.9 Å². The summed E-state index contributed by atoms with van der Waals surface area (Å²) in [5.41, 5.74) is 1.17. The van der Waals surface area contributed by atoms with Gasteiger partial charge in [0.25, 0.3) is 0 Å². The van der Waals surface area contributed by atoms with Crippen molar-refractivity contribution in [1.29, 1.82) is 0 Å². The average molecular weight is 357 g/mol. The van der Waals surface area contributed by atoms with E-state index in [0.29, 0.717) is 22.3 Å². The number of carbonyl (C=O) groups excluding carboxylic acids is 1. The van der Waals surface area contributed by atoms with E-state index in [-0.39, 0.29) is 11.5 Å². The Bertz CT molecular complexity index is 911. The maximum absolute atomic E-state index is 13.2. The number of aromatic nitrogens is 3. The van der Waals surface area contributed by atoms with Gasteiger partial charge in [-0.1, -0.05) is 36.0 Å². The van der Waals surface area contributed by atoms with Gasteiger partial charge in [0.1, 0.15) is 11.6 Å². The first kappa shape index (κ1) is 17.2. The number of benzene rings is 2. The first-order valence-corrected chi connectivity index (χ1v) is 8.53. The smallest absolute Gasteiger partial charge is 0.191 e. The molecule has 1 aromatic heterocycles. The lowest BCUT2D eigenvalue weighted by Gasteiger charge is -2.08. The normalized spacial score (nSPS) is 10.7. The fourth-order valence-electron chi connectivity index (χ4n) is 2.38. The Labute approximate surface area is 148 Å². The molecule has 0 atom stereocenters. The number of thioether (sulfide) groups is 1. The van der Waals surface area contributed by atoms with Crippen molar-refractivity contribution in [2.24, 2.45) is 7.05 Å². The summed E-state index contributed by atoms with van der Waals surface area (Å²) in [5.74, 6) is 0.921. The van der Waals surface area contributed by atoms with Crippen molar-refractivity contribution in [1.82, 2.24) is 14.8 Å². The van der Waals surface area contributed by atoms with Crippen LogP contribution in [-0.4, -0.2) is 33.4 Å². The van der Waals surface area contributed by atoms with Crippen molar-refractivity contribution >= 4 is 17.5 Å². The first-order valence-electron chi connectivity index (χ1n) is 7.54. The number of hydrogen-bond donors (Lipinski definition) is 0. The molecule has 0 saturated heterocycles. The molecule has 7 heteroatoms. The molecule has 0 N–H and O–H groups in total. The zero-order valence-electron chi connectivity index (χ0n) is 13.8. The molecule has 1 heterocycles. The molecular weight excluding hydrogens is 341 g/mol. The molecule has 0 spiro atoms. The van der Waals surface area contributed by atoms with E-state index in [1.54, 1.807) is 17.7 Å². The van der Waals surface area contributed by atoms with E-state index in [1.165, 1.54) is 30.0 Å². The Balaban J connectivity index is 1.77. The van der Waals surface area contributed by atoms with Gasteiger partial charge in [-0.2, -0.15) is 0 Å². The van der Waals surface area contributed by atoms with Crippen molar-refractivity contribution in [3.63, 3.8) is 0 Å². The Morgan fingerprint density at radius 1 is 1.20 bits per heavy atom. The molecule has 0 radical (unpaired) electrons. The van der Waals surface area contributed by atoms with E-state index < -0.39 is 5.82 Å². The summed E-state index contributed by atoms with van der Waals surface area (Å²) < 4.78 is 20.4. The Hall–Kier alpha value is -2.67. The number of Topliss-reactive ketones (excluding diaryl/α,β-unsaturated/α-hetero) is 1. The van der Waals surface area contributed by atoms with Crippen LogP contribution < -0.4 is 4.74 Å². The van der Waals surface area contributed by atoms with Gasteiger partial charge in [-0.25, -0.2) is 4.39 Å². The molecule has 3 aromatic rings. The van der Waals surface area contributed by atoms with Crippen LogP contribution in [0.4, 0.5) is 4.39 Å². The third kappa shape index (κ3) is 3.71. The van der Waals surface area contributed by atoms with Crippen molar-refractivity contribution in [2.45, 2.75) is 5.16 Å². The van der Waals surface area contributed by atoms with Crippen LogP contribution in [0.5, 0.6) is 5.75 Å². The van der Waals surface area contributed by atoms with Crippen LogP contribution in [0.3, 0.4) is 0 Å². The molecule has 0 fully saturated rings. The van der Waals surface area contributed by atoms with E-state index in [0.717, 1.165) is 5.56 Å². The molecule has 0 amide bonds. The Morgan fingerprint density at radius 2 is 2.00 bits per heavy atom. The van der Waals surface area contributed by atoms with Gasteiger partial charge in [0.05, 0.1) is 18.4 Å². The highest BCUT2D eigenvalue weighted by Crippen LogP contribution is 2.30. The zero-order valence-corrected chi connectivity index (χ0v) is 14.6. The second-order valence-corrected chi connectivity index (χ2v) is 6.23. The number of methoxy groups -OCH3 is 1. The summed E-state index contributed by atoms with van der Waals surface area (Å²) >= 11 is 1.26. The van der Waals surface area contributed by atoms with Gasteiger partial charge in [-0.3, -0.25) is 4.79 Å². The standard InChI is InChI=1S/C18H16FN3O2S/c1-22-17(14-8-3-4-9-16(14)24-2)20-21-18(22)25-11-15(23)12-6-5-7-13(19)10-12/h3-10H,11H2,1-2H3. The summed E-state index contributed by atoms with van der Waals surface area (Å²) in [6.07, 6.45) is 0. The second kappa shape index (κ2) is 7.48. The fraction of sp³-hybridized carbons (Fsp3) is 0.167. The minimum Gasteiger partial charge on any atom is -0.496 e. The largest absolute Gasteiger partial charge is 0.496 e. The molecule has 128 valence electrons. The summed E-state index contributed by atoms with van der Waals surface area (Å²) in [4.78, 5) is 12.2. The van der Waals surface area contributed by atoms with Crippen LogP contribution in [0.25, 0.3) is 11.4 Å². The monoisotopic (exact) mass is 357 g/mol. The third-order valence-electron chi connectivity index (χ3n) is 3.66. The van der Waals surface area contributed by atoms with E-state index >= 15 is 0 Å². The predicted octanol–water partition coefficient (Wildman–Crippen LogP) is 3.60. The molecule has 25 heavy (non-hydrogen) atoms. The van der Waals surface area contributed by atoms with Crippen molar-refractivity contribution in [3.8, 4) is 17.1 Å². The maximum Gasteiger partial charge on any atom is 0.191 e. The van der Waals surface area contributed by atoms with Gasteiger partial charge >= 0.3 is 0 Å². The summed E-state index contributed by atoms with van der Waals surface area (Å²) in [6.45, 7) is 0. The molecule has 3 rings (SSSR count). The van der Waals surface area contributed by atoms with E-state index in [4.69, 9.17) is 4.74 Å². The quantitative estimate of drug-likeness (QED) is 0.498. The first-order chi connectivity index (χ1) is 12.1. The molecule has 0 saturated carbocycles. The molecule has 2 aromatic carbocycles. The fourth-order valence-corrected chi connectivity index (χ4v) is 3.19. The SMILES string of the molecule is COc1ccccc1-c1nnc(SCC(=O)c2cccc(F)c2)n1C. The van der Waals surface area contributed by atoms with Gasteiger partial charge in [0.2, 0.25) is 0 Å². The van der Waals surface area contributed by atoms with E-state index in [1.807, 2.05) is 31.3 Å². The van der Waals surface area contributed by atoms with Gasteiger partial charge < -0.3 is 9.30 Å². The third-order valence-corrected chi connectivity index (χ3v) is 4.68. The van der Waals surface area contributed by atoms with Gasteiger partial charge in [-0.15, -0.1) is 10.2 Å². The van der Waals surface area contributed by atoms with E-state index in [2.05, 4.69) is 10.2 Å². The minimum atomic E-state index is -0.423. The lowest BCUT2D eigenvalue weighted by molar-refractivity contribution is 0.102. The molecule has 5 nitrogen and oxygen atoms in total. The maximum atomic E-state index is 13.2. The highest BCUT2D eigenvalue weighted by molar-refractivity contribution is 7.99. The number of para-hydroxylation sites is 1. The molecule has 0 aliphatic rings. The Kier molecular flexibility index (Phi) is 5.14. The molecule has 0 bridgehead atoms. The Morgan fingerprint density at radius 3 is 2.76 bits per heavy atom. The summed E-state index contributed by atoms with van der Waals surface area (Å²) in [7, 11) is 3.43. The molecule has 0 unspecified atom stereocenters. The number of nitrogens with zero attached hydrogens (tertiary/aromatic N) is 3. The van der Waals surface area contributed by atoms with Gasteiger partial charge in [0, 0.05) is 12.6 Å². The number of halogens is 1. The van der Waals surface area contributed by atoms with Crippen LogP contribution in [-0.2, 0) is 7.05 Å². The van der Waals surface area contributed by atoms with Crippen LogP contribution in [0.2, 0.25) is 0 Å². The predicted molar refractivity (Wildman–Crippen MR) is 94.4 cm³/mol. The van der Waals surface area contributed by atoms with Crippen LogP contribution in [0, 0.1) is 5.82 Å². The number of ether oxygens (including phenoxy) is 1. The minimum absolute atomic E-state index is 0.154. The lowest BCUT2D eigenvalue weighted by Crippen LogP contribution is -2.04. The zero-order chi connectivity index (χ0) is 17.8. The molecule has 0 aliphatic carbocycles. The number of ketones is 1. The summed E-state index contributed by atoms with van der Waals surface area (Å²) in [5, 5.41) is 8.95. The van der Waals surface area contributed by atoms with Crippen molar-refractivity contribution in [3.05, 3.63) is 59.9 Å². The molecule has 0 aliphatic heterocycles. The highest BCUT2D eigenvalue weighted by Gasteiger charge is 2.16. The van der Waals surface area contributed by atoms with Gasteiger partial charge in [0.15, 0.2) is 16.8 Å².